The van der Waals surface area contributed by atoms with Crippen molar-refractivity contribution in [2.45, 2.75) is 13.5 Å². The number of nitrogens with one attached hydrogen (secondary N) is 1. The number of aromatic carboxylic acids is 1. The van der Waals surface area contributed by atoms with Gasteiger partial charge in [-0.25, -0.2) is 9.18 Å². The average molecular weight is 265 g/mol. The zero-order valence-corrected chi connectivity index (χ0v) is 10.6. The minimum atomic E-state index is -0.932. The van der Waals surface area contributed by atoms with Crippen LogP contribution in [0.1, 0.15) is 20.8 Å². The van der Waals surface area contributed by atoms with E-state index in [0.717, 1.165) is 4.88 Å². The van der Waals surface area contributed by atoms with Crippen molar-refractivity contribution >= 4 is 23.0 Å². The number of hydrogen-bond donors (Lipinski definition) is 2. The molecular weight excluding hydrogens is 253 g/mol. The van der Waals surface area contributed by atoms with Gasteiger partial charge in [0.05, 0.1) is 5.56 Å². The maximum absolute atomic E-state index is 13.3. The Hall–Kier alpha value is -1.88. The Bertz CT molecular complexity index is 580. The highest BCUT2D eigenvalue weighted by molar-refractivity contribution is 7.10. The number of aryl methyl sites for hydroxylation is 1. The molecule has 0 spiro atoms. The lowest BCUT2D eigenvalue weighted by Gasteiger charge is -2.05. The number of carbonyl (C=O) groups is 1. The van der Waals surface area contributed by atoms with Crippen LogP contribution in [-0.2, 0) is 6.54 Å². The zero-order valence-electron chi connectivity index (χ0n) is 9.74. The lowest BCUT2D eigenvalue weighted by atomic mass is 10.2. The Balaban J connectivity index is 2.02. The molecule has 0 aliphatic rings. The lowest BCUT2D eigenvalue weighted by Crippen LogP contribution is -1.99. The van der Waals surface area contributed by atoms with Crippen molar-refractivity contribution in [3.05, 3.63) is 51.5 Å². The molecule has 0 aliphatic heterocycles. The van der Waals surface area contributed by atoms with Crippen molar-refractivity contribution in [3.8, 4) is 0 Å². The highest BCUT2D eigenvalue weighted by Crippen LogP contribution is 2.18. The summed E-state index contributed by atoms with van der Waals surface area (Å²) in [5, 5.41) is 13.4. The SMILES string of the molecule is Cc1ccc(NCc2cc(C(=O)O)cs2)cc1F. The first-order chi connectivity index (χ1) is 8.56. The number of anilines is 1. The molecule has 3 nitrogen and oxygen atoms in total. The highest BCUT2D eigenvalue weighted by Gasteiger charge is 2.06. The van der Waals surface area contributed by atoms with Gasteiger partial charge in [0.1, 0.15) is 5.82 Å². The van der Waals surface area contributed by atoms with Crippen molar-refractivity contribution in [3.63, 3.8) is 0 Å². The number of thiophene rings is 1. The van der Waals surface area contributed by atoms with Gasteiger partial charge >= 0.3 is 5.97 Å². The standard InChI is InChI=1S/C13H12FNO2S/c1-8-2-3-10(5-12(8)14)15-6-11-4-9(7-18-11)13(16)17/h2-5,7,15H,6H2,1H3,(H,16,17). The molecule has 0 bridgehead atoms. The van der Waals surface area contributed by atoms with Gasteiger partial charge in [-0.15, -0.1) is 11.3 Å². The molecule has 1 aromatic carbocycles. The first-order valence-corrected chi connectivity index (χ1v) is 6.25. The van der Waals surface area contributed by atoms with Crippen molar-refractivity contribution in [1.29, 1.82) is 0 Å². The third kappa shape index (κ3) is 2.87. The number of rotatable bonds is 4. The van der Waals surface area contributed by atoms with Crippen molar-refractivity contribution in [1.82, 2.24) is 0 Å². The molecule has 0 saturated carbocycles. The molecule has 0 atom stereocenters. The van der Waals surface area contributed by atoms with Gasteiger partial charge in [0.2, 0.25) is 0 Å². The van der Waals surface area contributed by atoms with Crippen LogP contribution in [0.5, 0.6) is 0 Å². The first kappa shape index (κ1) is 12.6. The molecule has 0 unspecified atom stereocenters. The van der Waals surface area contributed by atoms with E-state index in [1.807, 2.05) is 0 Å². The van der Waals surface area contributed by atoms with Gasteiger partial charge in [-0.05, 0) is 30.7 Å². The van der Waals surface area contributed by atoms with Crippen LogP contribution < -0.4 is 5.32 Å². The van der Waals surface area contributed by atoms with E-state index in [-0.39, 0.29) is 11.4 Å². The van der Waals surface area contributed by atoms with E-state index >= 15 is 0 Å². The summed E-state index contributed by atoms with van der Waals surface area (Å²) in [7, 11) is 0. The zero-order chi connectivity index (χ0) is 13.1. The topological polar surface area (TPSA) is 49.3 Å². The molecule has 0 amide bonds. The third-order valence-electron chi connectivity index (χ3n) is 2.54. The van der Waals surface area contributed by atoms with E-state index in [1.165, 1.54) is 17.4 Å². The smallest absolute Gasteiger partial charge is 0.336 e. The lowest BCUT2D eigenvalue weighted by molar-refractivity contribution is 0.0697. The van der Waals surface area contributed by atoms with E-state index in [1.54, 1.807) is 30.5 Å². The van der Waals surface area contributed by atoms with E-state index < -0.39 is 5.97 Å². The molecule has 0 radical (unpaired) electrons. The number of carboxylic acid groups (broad SMARTS) is 1. The molecule has 0 fully saturated rings. The Kier molecular flexibility index (Phi) is 3.62. The van der Waals surface area contributed by atoms with Gasteiger partial charge in [-0.3, -0.25) is 0 Å². The molecule has 94 valence electrons. The normalized spacial score (nSPS) is 10.3. The molecule has 0 saturated heterocycles. The van der Waals surface area contributed by atoms with Gasteiger partial charge in [0.15, 0.2) is 0 Å². The van der Waals surface area contributed by atoms with Crippen LogP contribution in [0.25, 0.3) is 0 Å². The summed E-state index contributed by atoms with van der Waals surface area (Å²) in [4.78, 5) is 11.6. The number of hydrogen-bond acceptors (Lipinski definition) is 3. The predicted molar refractivity (Wildman–Crippen MR) is 69.7 cm³/mol. The van der Waals surface area contributed by atoms with Gasteiger partial charge in [-0.2, -0.15) is 0 Å². The van der Waals surface area contributed by atoms with Crippen molar-refractivity contribution < 1.29 is 14.3 Å². The van der Waals surface area contributed by atoms with Crippen molar-refractivity contribution in [2.75, 3.05) is 5.32 Å². The van der Waals surface area contributed by atoms with Crippen LogP contribution in [-0.4, -0.2) is 11.1 Å². The third-order valence-corrected chi connectivity index (χ3v) is 3.48. The molecule has 18 heavy (non-hydrogen) atoms. The van der Waals surface area contributed by atoms with E-state index in [9.17, 15) is 9.18 Å². The average Bonchev–Trinajstić information content (AvgIpc) is 2.79. The maximum atomic E-state index is 13.3. The molecule has 0 aliphatic carbocycles. The summed E-state index contributed by atoms with van der Waals surface area (Å²) in [6.45, 7) is 2.19. The van der Waals surface area contributed by atoms with E-state index in [4.69, 9.17) is 5.11 Å². The number of halogens is 1. The second-order valence-electron chi connectivity index (χ2n) is 3.92. The Morgan fingerprint density at radius 3 is 2.83 bits per heavy atom. The molecule has 2 rings (SSSR count). The van der Waals surface area contributed by atoms with E-state index in [0.29, 0.717) is 17.8 Å². The van der Waals surface area contributed by atoms with Crippen LogP contribution in [0.2, 0.25) is 0 Å². The molecule has 2 N–H and O–H groups in total. The van der Waals surface area contributed by atoms with Crippen LogP contribution >= 0.6 is 11.3 Å². The van der Waals surface area contributed by atoms with Crippen molar-refractivity contribution in [2.24, 2.45) is 0 Å². The van der Waals surface area contributed by atoms with Gasteiger partial charge < -0.3 is 10.4 Å². The molecule has 1 aromatic heterocycles. The van der Waals surface area contributed by atoms with Crippen LogP contribution in [0.3, 0.4) is 0 Å². The minimum absolute atomic E-state index is 0.252. The monoisotopic (exact) mass is 265 g/mol. The molecule has 2 aromatic rings. The van der Waals surface area contributed by atoms with Crippen LogP contribution in [0, 0.1) is 12.7 Å². The maximum Gasteiger partial charge on any atom is 0.336 e. The minimum Gasteiger partial charge on any atom is -0.478 e. The summed E-state index contributed by atoms with van der Waals surface area (Å²) < 4.78 is 13.3. The molecule has 1 heterocycles. The number of carboxylic acids is 1. The van der Waals surface area contributed by atoms with Gasteiger partial charge in [0.25, 0.3) is 0 Å². The van der Waals surface area contributed by atoms with Gasteiger partial charge in [-0.1, -0.05) is 6.07 Å². The van der Waals surface area contributed by atoms with E-state index in [2.05, 4.69) is 5.32 Å². The highest BCUT2D eigenvalue weighted by atomic mass is 32.1. The summed E-state index contributed by atoms with van der Waals surface area (Å²) >= 11 is 1.37. The van der Waals surface area contributed by atoms with Crippen LogP contribution in [0.15, 0.2) is 29.6 Å². The Morgan fingerprint density at radius 1 is 1.44 bits per heavy atom. The fourth-order valence-corrected chi connectivity index (χ4v) is 2.28. The fourth-order valence-electron chi connectivity index (χ4n) is 1.48. The fraction of sp³-hybridized carbons (Fsp3) is 0.154. The quantitative estimate of drug-likeness (QED) is 0.889. The first-order valence-electron chi connectivity index (χ1n) is 5.37. The molecular formula is C13H12FNO2S. The Labute approximate surface area is 108 Å². The number of benzene rings is 1. The van der Waals surface area contributed by atoms with Crippen LogP contribution in [0.4, 0.5) is 10.1 Å². The summed E-state index contributed by atoms with van der Waals surface area (Å²) in [5.74, 6) is -1.18. The largest absolute Gasteiger partial charge is 0.478 e. The van der Waals surface area contributed by atoms with Gasteiger partial charge in [0, 0.05) is 22.5 Å². The summed E-state index contributed by atoms with van der Waals surface area (Å²) in [6, 6.07) is 6.55. The predicted octanol–water partition coefficient (Wildman–Crippen LogP) is 3.51. The second-order valence-corrected chi connectivity index (χ2v) is 4.92. The summed E-state index contributed by atoms with van der Waals surface area (Å²) in [6.07, 6.45) is 0. The Morgan fingerprint density at radius 2 is 2.22 bits per heavy atom. The summed E-state index contributed by atoms with van der Waals surface area (Å²) in [5.41, 5.74) is 1.57. The molecule has 5 heteroatoms. The second kappa shape index (κ2) is 5.18.